The molecule has 1 aliphatic rings. The van der Waals surface area contributed by atoms with Gasteiger partial charge in [-0.05, 0) is 75.8 Å². The summed E-state index contributed by atoms with van der Waals surface area (Å²) in [6.45, 7) is 12.4. The molecule has 0 amide bonds. The molecule has 2 nitrogen and oxygen atoms in total. The fourth-order valence-electron chi connectivity index (χ4n) is 3.02. The van der Waals surface area contributed by atoms with E-state index in [0.29, 0.717) is 0 Å². The normalized spacial score (nSPS) is 16.6. The third kappa shape index (κ3) is 9.14. The maximum Gasteiger partial charge on any atom is 0.0342 e. The quantitative estimate of drug-likeness (QED) is 0.376. The Kier molecular flexibility index (Phi) is 11.6. The highest BCUT2D eigenvalue weighted by atomic mass is 32.2. The zero-order chi connectivity index (χ0) is 20.1. The standard InChI is InChI=1S/C23H33NS.CH3N/c1-5-6-7-19(3)16-22-17-21(13-15-25-20(22)4)12-14-24-23-10-8-18(2)9-11-23;1-2/h8-12,16,24H,5-7,13-15,17H2,1-4H3;2H,1H2/b19-16+,21-12-;. The average Bonchev–Trinajstić information content (AvgIpc) is 2.85. The summed E-state index contributed by atoms with van der Waals surface area (Å²) in [6, 6.07) is 8.63. The maximum absolute atomic E-state index is 5.50. The number of unbranched alkanes of at least 4 members (excludes halogenated alkanes) is 1. The molecule has 2 rings (SSSR count). The second-order valence-corrected chi connectivity index (χ2v) is 8.37. The molecule has 0 radical (unpaired) electrons. The Morgan fingerprint density at radius 3 is 2.59 bits per heavy atom. The molecule has 0 spiro atoms. The van der Waals surface area contributed by atoms with Crippen LogP contribution in [0.5, 0.6) is 0 Å². The van der Waals surface area contributed by atoms with Crippen LogP contribution in [-0.2, 0) is 0 Å². The van der Waals surface area contributed by atoms with Crippen molar-refractivity contribution in [1.29, 1.82) is 5.41 Å². The minimum absolute atomic E-state index is 0.911. The molecule has 0 bridgehead atoms. The monoisotopic (exact) mass is 384 g/mol. The van der Waals surface area contributed by atoms with Gasteiger partial charge in [-0.25, -0.2) is 0 Å². The number of thioether (sulfide) groups is 1. The minimum atomic E-state index is 0.911. The van der Waals surface area contributed by atoms with Gasteiger partial charge >= 0.3 is 0 Å². The number of allylic oxidation sites excluding steroid dienone is 5. The molecule has 0 atom stereocenters. The van der Waals surface area contributed by atoms with Crippen LogP contribution in [0, 0.1) is 12.3 Å². The van der Waals surface area contributed by atoms with Gasteiger partial charge in [0.05, 0.1) is 0 Å². The first-order valence-corrected chi connectivity index (χ1v) is 10.9. The van der Waals surface area contributed by atoms with Crippen LogP contribution < -0.4 is 5.32 Å². The fraction of sp³-hybridized carbons (Fsp3) is 0.458. The first kappa shape index (κ1) is 23.3. The molecular weight excluding hydrogens is 348 g/mol. The smallest absolute Gasteiger partial charge is 0.0342 e. The fourth-order valence-corrected chi connectivity index (χ4v) is 4.01. The van der Waals surface area contributed by atoms with Gasteiger partial charge in [0.15, 0.2) is 0 Å². The second kappa shape index (κ2) is 13.4. The van der Waals surface area contributed by atoms with Crippen LogP contribution in [0.4, 0.5) is 5.69 Å². The van der Waals surface area contributed by atoms with Gasteiger partial charge in [0.25, 0.3) is 0 Å². The van der Waals surface area contributed by atoms with Crippen molar-refractivity contribution in [3.05, 3.63) is 63.6 Å². The Bertz CT molecular complexity index is 653. The number of rotatable bonds is 7. The van der Waals surface area contributed by atoms with E-state index in [2.05, 4.69) is 76.1 Å². The van der Waals surface area contributed by atoms with Crippen LogP contribution >= 0.6 is 11.8 Å². The lowest BCUT2D eigenvalue weighted by Gasteiger charge is -2.09. The van der Waals surface area contributed by atoms with Crippen LogP contribution in [0.3, 0.4) is 0 Å². The number of benzene rings is 1. The van der Waals surface area contributed by atoms with E-state index < -0.39 is 0 Å². The summed E-state index contributed by atoms with van der Waals surface area (Å²) in [5.74, 6) is 1.20. The van der Waals surface area contributed by atoms with Crippen molar-refractivity contribution in [2.45, 2.75) is 59.8 Å². The molecule has 1 heterocycles. The number of nitrogens with one attached hydrogen (secondary N) is 2. The van der Waals surface area contributed by atoms with Crippen molar-refractivity contribution in [2.24, 2.45) is 0 Å². The van der Waals surface area contributed by atoms with Gasteiger partial charge in [-0.15, -0.1) is 11.8 Å². The van der Waals surface area contributed by atoms with Crippen molar-refractivity contribution in [2.75, 3.05) is 17.6 Å². The molecule has 1 aromatic carbocycles. The van der Waals surface area contributed by atoms with Gasteiger partial charge in [-0.2, -0.15) is 0 Å². The Morgan fingerprint density at radius 1 is 1.22 bits per heavy atom. The highest BCUT2D eigenvalue weighted by molar-refractivity contribution is 8.03. The first-order valence-electron chi connectivity index (χ1n) is 9.92. The summed E-state index contributed by atoms with van der Waals surface area (Å²) < 4.78 is 0. The molecule has 2 N–H and O–H groups in total. The van der Waals surface area contributed by atoms with E-state index in [0.717, 1.165) is 13.0 Å². The summed E-state index contributed by atoms with van der Waals surface area (Å²) in [5, 5.41) is 9.02. The predicted molar refractivity (Wildman–Crippen MR) is 125 cm³/mol. The summed E-state index contributed by atoms with van der Waals surface area (Å²) in [6.07, 6.45) is 10.9. The lowest BCUT2D eigenvalue weighted by molar-refractivity contribution is 0.786. The van der Waals surface area contributed by atoms with E-state index in [1.807, 2.05) is 11.8 Å². The zero-order valence-corrected chi connectivity index (χ0v) is 18.3. The van der Waals surface area contributed by atoms with Gasteiger partial charge in [-0.1, -0.05) is 54.3 Å². The molecule has 0 aromatic heterocycles. The average molecular weight is 385 g/mol. The molecule has 1 aromatic rings. The zero-order valence-electron chi connectivity index (χ0n) is 17.5. The molecule has 148 valence electrons. The lowest BCUT2D eigenvalue weighted by atomic mass is 9.99. The minimum Gasteiger partial charge on any atom is -0.382 e. The van der Waals surface area contributed by atoms with E-state index in [1.54, 1.807) is 5.57 Å². The molecule has 0 saturated carbocycles. The van der Waals surface area contributed by atoms with Crippen molar-refractivity contribution in [1.82, 2.24) is 0 Å². The Labute approximate surface area is 170 Å². The van der Waals surface area contributed by atoms with Gasteiger partial charge in [0.2, 0.25) is 0 Å². The summed E-state index contributed by atoms with van der Waals surface area (Å²) in [5.41, 5.74) is 7.12. The van der Waals surface area contributed by atoms with Crippen LogP contribution in [-0.4, -0.2) is 19.0 Å². The number of hydrogen-bond acceptors (Lipinski definition) is 3. The molecule has 0 unspecified atom stereocenters. The summed E-state index contributed by atoms with van der Waals surface area (Å²) in [4.78, 5) is 1.51. The van der Waals surface area contributed by atoms with Crippen LogP contribution in [0.2, 0.25) is 0 Å². The molecule has 3 heteroatoms. The lowest BCUT2D eigenvalue weighted by Crippen LogP contribution is -2.00. The van der Waals surface area contributed by atoms with Crippen LogP contribution in [0.15, 0.2) is 58.0 Å². The van der Waals surface area contributed by atoms with E-state index >= 15 is 0 Å². The van der Waals surface area contributed by atoms with E-state index in [9.17, 15) is 0 Å². The molecule has 0 aliphatic carbocycles. The van der Waals surface area contributed by atoms with Crippen LogP contribution in [0.25, 0.3) is 0 Å². The van der Waals surface area contributed by atoms with Crippen molar-refractivity contribution < 1.29 is 0 Å². The third-order valence-corrected chi connectivity index (χ3v) is 5.81. The highest BCUT2D eigenvalue weighted by Gasteiger charge is 2.11. The topological polar surface area (TPSA) is 35.9 Å². The van der Waals surface area contributed by atoms with Gasteiger partial charge < -0.3 is 10.7 Å². The Morgan fingerprint density at radius 2 is 1.93 bits per heavy atom. The van der Waals surface area contributed by atoms with Crippen molar-refractivity contribution >= 4 is 24.2 Å². The van der Waals surface area contributed by atoms with Gasteiger partial charge in [0, 0.05) is 18.0 Å². The molecule has 0 fully saturated rings. The van der Waals surface area contributed by atoms with Gasteiger partial charge in [0.1, 0.15) is 0 Å². The largest absolute Gasteiger partial charge is 0.382 e. The number of aryl methyl sites for hydroxylation is 1. The van der Waals surface area contributed by atoms with Crippen LogP contribution in [0.1, 0.15) is 58.4 Å². The Hall–Kier alpha value is -1.74. The van der Waals surface area contributed by atoms with E-state index in [4.69, 9.17) is 5.41 Å². The first-order chi connectivity index (χ1) is 13.1. The SMILES string of the molecule is C=N.CCCC/C(C)=C/C1=C(C)SCC/C(=C/CNc2ccc(C)cc2)C1. The molecule has 27 heavy (non-hydrogen) atoms. The molecular formula is C24H36N2S. The van der Waals surface area contributed by atoms with E-state index in [1.165, 1.54) is 58.7 Å². The summed E-state index contributed by atoms with van der Waals surface area (Å²) >= 11 is 2.02. The van der Waals surface area contributed by atoms with Crippen molar-refractivity contribution in [3.8, 4) is 0 Å². The number of hydrogen-bond donors (Lipinski definition) is 2. The third-order valence-electron chi connectivity index (χ3n) is 4.71. The highest BCUT2D eigenvalue weighted by Crippen LogP contribution is 2.32. The predicted octanol–water partition coefficient (Wildman–Crippen LogP) is 7.54. The number of anilines is 1. The van der Waals surface area contributed by atoms with Crippen molar-refractivity contribution in [3.63, 3.8) is 0 Å². The molecule has 0 saturated heterocycles. The Balaban J connectivity index is 0.00000176. The van der Waals surface area contributed by atoms with E-state index in [-0.39, 0.29) is 0 Å². The maximum atomic E-state index is 5.50. The molecule has 1 aliphatic heterocycles. The summed E-state index contributed by atoms with van der Waals surface area (Å²) in [7, 11) is 0. The van der Waals surface area contributed by atoms with Gasteiger partial charge in [-0.3, -0.25) is 0 Å². The second-order valence-electron chi connectivity index (χ2n) is 7.06.